The van der Waals surface area contributed by atoms with E-state index in [2.05, 4.69) is 113 Å². The summed E-state index contributed by atoms with van der Waals surface area (Å²) in [5.41, 5.74) is 8.42. The predicted molar refractivity (Wildman–Crippen MR) is 237 cm³/mol. The number of hydrogen-bond donors (Lipinski definition) is 3. The third-order valence-electron chi connectivity index (χ3n) is 9.49. The Hall–Kier alpha value is -5.87. The number of aromatic hydroxyl groups is 3. The van der Waals surface area contributed by atoms with Crippen molar-refractivity contribution in [3.05, 3.63) is 173 Å². The molecule has 0 radical (unpaired) electrons. The number of aryl methyl sites for hydroxylation is 1. The highest BCUT2D eigenvalue weighted by molar-refractivity contribution is 6.02. The maximum absolute atomic E-state index is 11.1. The standard InChI is InChI=1S/C33H22O2.C9H8O2.2C3H8.2C2H6/c34-27-15-11-21-17-25(13-9-23(21)19-27)33(26-14-10-24-20-28(35)16-12-22(24)18-26)31-7-3-1-5-29(31)30-6-2-4-8-32(30)33;10-7-3-1-2-6-4-5-8(11)9(6)7;2*1-3-2;2*1-2/h1-20,34-35H;1-3,10H,4-5H2;2*3H2,1-2H3;2*1-2H3. The normalized spacial score (nSPS) is 12.3. The molecule has 2 aliphatic rings. The van der Waals surface area contributed by atoms with Crippen LogP contribution in [0.5, 0.6) is 17.2 Å². The average molecular weight is 747 g/mol. The van der Waals surface area contributed by atoms with Gasteiger partial charge in [-0.05, 0) is 109 Å². The molecule has 0 amide bonds. The molecule has 0 fully saturated rings. The Morgan fingerprint density at radius 2 is 0.893 bits per heavy atom. The van der Waals surface area contributed by atoms with E-state index < -0.39 is 5.41 Å². The third-order valence-corrected chi connectivity index (χ3v) is 9.49. The fourth-order valence-electron chi connectivity index (χ4n) is 7.45. The molecule has 0 saturated carbocycles. The first-order valence-electron chi connectivity index (χ1n) is 20.3. The molecule has 0 saturated heterocycles. The Morgan fingerprint density at radius 1 is 0.482 bits per heavy atom. The van der Waals surface area contributed by atoms with Gasteiger partial charge in [-0.25, -0.2) is 0 Å². The van der Waals surface area contributed by atoms with Gasteiger partial charge >= 0.3 is 0 Å². The quantitative estimate of drug-likeness (QED) is 0.165. The lowest BCUT2D eigenvalue weighted by atomic mass is 9.67. The SMILES string of the molecule is CC.CC.CCC.CCC.O=C1CCc2cccc(O)c21.Oc1ccc2cc(C3(c4ccc5cc(O)ccc5c4)c4ccccc4-c4ccccc43)ccc2c1. The van der Waals surface area contributed by atoms with Crippen LogP contribution in [0.15, 0.2) is 140 Å². The molecule has 7 aromatic carbocycles. The number of rotatable bonds is 2. The van der Waals surface area contributed by atoms with Gasteiger partial charge in [-0.15, -0.1) is 0 Å². The van der Waals surface area contributed by atoms with Crippen LogP contribution in [0.2, 0.25) is 0 Å². The predicted octanol–water partition coefficient (Wildman–Crippen LogP) is 14.2. The molecule has 4 nitrogen and oxygen atoms in total. The molecule has 0 heterocycles. The zero-order chi connectivity index (χ0) is 40.8. The van der Waals surface area contributed by atoms with Crippen LogP contribution in [0.3, 0.4) is 0 Å². The molecule has 2 aliphatic carbocycles. The molecule has 3 N–H and O–H groups in total. The van der Waals surface area contributed by atoms with Crippen LogP contribution < -0.4 is 0 Å². The molecular formula is C52H58O4. The van der Waals surface area contributed by atoms with Crippen LogP contribution in [-0.2, 0) is 11.8 Å². The number of phenolic OH excluding ortho intramolecular Hbond substituents is 3. The van der Waals surface area contributed by atoms with Gasteiger partial charge in [0.25, 0.3) is 0 Å². The molecule has 0 spiro atoms. The fourth-order valence-corrected chi connectivity index (χ4v) is 7.45. The summed E-state index contributed by atoms with van der Waals surface area (Å²) in [4.78, 5) is 11.1. The van der Waals surface area contributed by atoms with Gasteiger partial charge in [-0.2, -0.15) is 0 Å². The van der Waals surface area contributed by atoms with Crippen LogP contribution >= 0.6 is 0 Å². The second-order valence-corrected chi connectivity index (χ2v) is 13.5. The largest absolute Gasteiger partial charge is 0.508 e. The lowest BCUT2D eigenvalue weighted by Gasteiger charge is -2.34. The van der Waals surface area contributed by atoms with Crippen LogP contribution in [0, 0.1) is 0 Å². The van der Waals surface area contributed by atoms with E-state index in [4.69, 9.17) is 0 Å². The van der Waals surface area contributed by atoms with E-state index in [1.54, 1.807) is 24.3 Å². The van der Waals surface area contributed by atoms with Gasteiger partial charge in [0.2, 0.25) is 0 Å². The monoisotopic (exact) mass is 746 g/mol. The fraction of sp³-hybridized carbons (Fsp3) is 0.250. The van der Waals surface area contributed by atoms with E-state index >= 15 is 0 Å². The Labute approximate surface area is 334 Å². The minimum Gasteiger partial charge on any atom is -0.508 e. The number of fused-ring (bicyclic) bond motifs is 6. The van der Waals surface area contributed by atoms with Crippen LogP contribution in [0.25, 0.3) is 32.7 Å². The van der Waals surface area contributed by atoms with Crippen LogP contribution in [0.4, 0.5) is 0 Å². The van der Waals surface area contributed by atoms with Gasteiger partial charge in [0, 0.05) is 6.42 Å². The molecule has 9 rings (SSSR count). The lowest BCUT2D eigenvalue weighted by Crippen LogP contribution is -2.28. The van der Waals surface area contributed by atoms with Crippen LogP contribution in [0.1, 0.15) is 113 Å². The first-order chi connectivity index (χ1) is 27.3. The van der Waals surface area contributed by atoms with Crippen molar-refractivity contribution in [2.75, 3.05) is 0 Å². The average Bonchev–Trinajstić information content (AvgIpc) is 3.76. The van der Waals surface area contributed by atoms with E-state index in [1.165, 1.54) is 46.2 Å². The lowest BCUT2D eigenvalue weighted by molar-refractivity contribution is 0.0992. The van der Waals surface area contributed by atoms with Crippen molar-refractivity contribution in [1.29, 1.82) is 0 Å². The maximum Gasteiger partial charge on any atom is 0.167 e. The van der Waals surface area contributed by atoms with Gasteiger partial charge in [0.1, 0.15) is 17.2 Å². The zero-order valence-corrected chi connectivity index (χ0v) is 34.4. The van der Waals surface area contributed by atoms with Crippen LogP contribution in [-0.4, -0.2) is 21.1 Å². The Kier molecular flexibility index (Phi) is 15.4. The van der Waals surface area contributed by atoms with E-state index in [-0.39, 0.29) is 23.0 Å². The smallest absolute Gasteiger partial charge is 0.167 e. The van der Waals surface area contributed by atoms with Gasteiger partial charge in [0.15, 0.2) is 5.78 Å². The zero-order valence-electron chi connectivity index (χ0n) is 34.4. The summed E-state index contributed by atoms with van der Waals surface area (Å²) in [6, 6.07) is 46.8. The van der Waals surface area contributed by atoms with Gasteiger partial charge in [-0.3, -0.25) is 4.79 Å². The molecule has 4 heteroatoms. The number of phenols is 3. The number of Topliss-reactive ketones (excluding diaryl/α,β-unsaturated/α-hetero) is 1. The Bertz CT molecular complexity index is 2240. The highest BCUT2D eigenvalue weighted by Gasteiger charge is 2.46. The number of carbonyl (C=O) groups is 1. The summed E-state index contributed by atoms with van der Waals surface area (Å²) in [6.45, 7) is 16.5. The van der Waals surface area contributed by atoms with Gasteiger partial charge < -0.3 is 15.3 Å². The molecule has 290 valence electrons. The minimum absolute atomic E-state index is 0.0677. The molecule has 0 atom stereocenters. The molecule has 0 aromatic heterocycles. The molecule has 7 aromatic rings. The number of ketones is 1. The Morgan fingerprint density at radius 3 is 1.34 bits per heavy atom. The van der Waals surface area contributed by atoms with Crippen molar-refractivity contribution in [1.82, 2.24) is 0 Å². The summed E-state index contributed by atoms with van der Waals surface area (Å²) in [5.74, 6) is 0.742. The van der Waals surface area contributed by atoms with E-state index in [0.717, 1.165) is 33.5 Å². The molecule has 56 heavy (non-hydrogen) atoms. The van der Waals surface area contributed by atoms with Gasteiger partial charge in [-0.1, -0.05) is 165 Å². The summed E-state index contributed by atoms with van der Waals surface area (Å²) in [7, 11) is 0. The first kappa shape index (κ1) is 42.9. The van der Waals surface area contributed by atoms with E-state index in [0.29, 0.717) is 12.0 Å². The van der Waals surface area contributed by atoms with E-state index in [1.807, 2.05) is 58.0 Å². The van der Waals surface area contributed by atoms with Gasteiger partial charge in [0.05, 0.1) is 11.0 Å². The number of hydrogen-bond acceptors (Lipinski definition) is 4. The summed E-state index contributed by atoms with van der Waals surface area (Å²) in [5, 5.41) is 33.5. The molecular weight excluding hydrogens is 689 g/mol. The van der Waals surface area contributed by atoms with Crippen molar-refractivity contribution < 1.29 is 20.1 Å². The molecule has 0 aliphatic heterocycles. The van der Waals surface area contributed by atoms with E-state index in [9.17, 15) is 20.1 Å². The first-order valence-corrected chi connectivity index (χ1v) is 20.3. The number of benzene rings is 7. The second kappa shape index (κ2) is 20.2. The van der Waals surface area contributed by atoms with Crippen molar-refractivity contribution >= 4 is 27.3 Å². The highest BCUT2D eigenvalue weighted by atomic mass is 16.3. The summed E-state index contributed by atoms with van der Waals surface area (Å²) in [6.07, 6.45) is 3.83. The minimum atomic E-state index is -0.495. The van der Waals surface area contributed by atoms with Crippen molar-refractivity contribution in [2.24, 2.45) is 0 Å². The molecule has 0 unspecified atom stereocenters. The summed E-state index contributed by atoms with van der Waals surface area (Å²) >= 11 is 0. The third kappa shape index (κ3) is 8.66. The number of carbonyl (C=O) groups excluding carboxylic acids is 1. The topological polar surface area (TPSA) is 77.8 Å². The Balaban J connectivity index is 0.000000275. The molecule has 0 bridgehead atoms. The highest BCUT2D eigenvalue weighted by Crippen LogP contribution is 2.56. The van der Waals surface area contributed by atoms with Crippen molar-refractivity contribution in [3.8, 4) is 28.4 Å². The summed E-state index contributed by atoms with van der Waals surface area (Å²) < 4.78 is 0. The van der Waals surface area contributed by atoms with Crippen molar-refractivity contribution in [3.63, 3.8) is 0 Å². The maximum atomic E-state index is 11.1. The second-order valence-electron chi connectivity index (χ2n) is 13.5. The van der Waals surface area contributed by atoms with Crippen molar-refractivity contribution in [2.45, 2.75) is 86.5 Å².